The van der Waals surface area contributed by atoms with Crippen molar-refractivity contribution in [3.05, 3.63) is 53.4 Å². The van der Waals surface area contributed by atoms with E-state index in [-0.39, 0.29) is 11.8 Å². The van der Waals surface area contributed by atoms with E-state index in [1.54, 1.807) is 4.90 Å². The maximum atomic E-state index is 13.0. The van der Waals surface area contributed by atoms with E-state index in [4.69, 9.17) is 0 Å². The number of rotatable bonds is 4. The lowest BCUT2D eigenvalue weighted by molar-refractivity contribution is -0.137. The molecule has 30 heavy (non-hydrogen) atoms. The molecule has 4 rings (SSSR count). The van der Waals surface area contributed by atoms with Crippen LogP contribution in [0.3, 0.4) is 0 Å². The van der Waals surface area contributed by atoms with E-state index in [1.165, 1.54) is 0 Å². The van der Waals surface area contributed by atoms with Crippen LogP contribution in [-0.4, -0.2) is 39.1 Å². The third-order valence-electron chi connectivity index (χ3n) is 6.02. The third-order valence-corrected chi connectivity index (χ3v) is 6.02. The van der Waals surface area contributed by atoms with Crippen molar-refractivity contribution in [3.8, 4) is 5.69 Å². The lowest BCUT2D eigenvalue weighted by Crippen LogP contribution is -2.50. The number of nitrogens with zero attached hydrogens (tertiary/aromatic N) is 3. The average Bonchev–Trinajstić information content (AvgIpc) is 3.12. The Balaban J connectivity index is 1.45. The van der Waals surface area contributed by atoms with E-state index in [0.717, 1.165) is 66.9 Å². The van der Waals surface area contributed by atoms with Crippen molar-refractivity contribution < 1.29 is 9.59 Å². The summed E-state index contributed by atoms with van der Waals surface area (Å²) in [5.41, 5.74) is 4.62. The first kappa shape index (κ1) is 20.4. The Kier molecular flexibility index (Phi) is 6.02. The van der Waals surface area contributed by atoms with E-state index >= 15 is 0 Å². The zero-order valence-electron chi connectivity index (χ0n) is 17.9. The molecule has 2 aliphatic rings. The molecule has 6 nitrogen and oxygen atoms in total. The Morgan fingerprint density at radius 3 is 2.53 bits per heavy atom. The summed E-state index contributed by atoms with van der Waals surface area (Å²) in [6, 6.07) is 9.32. The van der Waals surface area contributed by atoms with Gasteiger partial charge in [-0.25, -0.2) is 4.68 Å². The first-order valence-corrected chi connectivity index (χ1v) is 11.0. The predicted molar refractivity (Wildman–Crippen MR) is 118 cm³/mol. The molecular formula is C24H30N4O2. The molecule has 1 atom stereocenters. The van der Waals surface area contributed by atoms with Gasteiger partial charge in [0.05, 0.1) is 11.4 Å². The van der Waals surface area contributed by atoms with Gasteiger partial charge in [-0.3, -0.25) is 9.59 Å². The lowest BCUT2D eigenvalue weighted by atomic mass is 9.95. The zero-order valence-corrected chi connectivity index (χ0v) is 17.9. The highest BCUT2D eigenvalue weighted by Gasteiger charge is 2.33. The van der Waals surface area contributed by atoms with Crippen LogP contribution in [0.1, 0.15) is 56.3 Å². The third kappa shape index (κ3) is 4.32. The minimum absolute atomic E-state index is 0.0504. The predicted octanol–water partition coefficient (Wildman–Crippen LogP) is 4.31. The van der Waals surface area contributed by atoms with Crippen molar-refractivity contribution in [1.82, 2.24) is 14.7 Å². The summed E-state index contributed by atoms with van der Waals surface area (Å²) in [4.78, 5) is 27.9. The van der Waals surface area contributed by atoms with Crippen molar-refractivity contribution >= 4 is 17.5 Å². The van der Waals surface area contributed by atoms with Crippen molar-refractivity contribution in [2.45, 2.75) is 64.8 Å². The number of anilines is 1. The highest BCUT2D eigenvalue weighted by Crippen LogP contribution is 2.25. The summed E-state index contributed by atoms with van der Waals surface area (Å²) in [7, 11) is 0. The second-order valence-electron chi connectivity index (χ2n) is 8.36. The normalized spacial score (nSPS) is 19.3. The largest absolute Gasteiger partial charge is 0.327 e. The van der Waals surface area contributed by atoms with Crippen LogP contribution >= 0.6 is 0 Å². The van der Waals surface area contributed by atoms with E-state index in [2.05, 4.69) is 16.5 Å². The summed E-state index contributed by atoms with van der Waals surface area (Å²) in [6.45, 7) is 4.65. The molecular weight excluding hydrogens is 376 g/mol. The van der Waals surface area contributed by atoms with Gasteiger partial charge in [-0.1, -0.05) is 6.08 Å². The number of hydrogen-bond donors (Lipinski definition) is 1. The molecule has 0 saturated carbocycles. The number of amides is 2. The van der Waals surface area contributed by atoms with Crippen LogP contribution in [0.2, 0.25) is 0 Å². The van der Waals surface area contributed by atoms with Crippen LogP contribution in [0.5, 0.6) is 0 Å². The van der Waals surface area contributed by atoms with Crippen LogP contribution in [0, 0.1) is 13.8 Å². The molecule has 1 saturated heterocycles. The minimum Gasteiger partial charge on any atom is -0.327 e. The molecule has 2 heterocycles. The molecule has 0 radical (unpaired) electrons. The standard InChI is InChI=1S/C24H30N4O2/c1-17-16-18(2)28(26-17)21-13-11-20(12-14-21)25-23(29)22-10-6-7-15-27(22)24(30)19-8-4-3-5-9-19/h8,11-14,16,22H,3-7,9-10,15H2,1-2H3,(H,25,29)/t22-/m0/s1. The highest BCUT2D eigenvalue weighted by atomic mass is 16.2. The van der Waals surface area contributed by atoms with Gasteiger partial charge in [0.25, 0.3) is 0 Å². The smallest absolute Gasteiger partial charge is 0.250 e. The van der Waals surface area contributed by atoms with Gasteiger partial charge in [0.15, 0.2) is 0 Å². The first-order valence-electron chi connectivity index (χ1n) is 11.0. The molecule has 2 amide bonds. The molecule has 0 spiro atoms. The molecule has 0 bridgehead atoms. The van der Waals surface area contributed by atoms with Gasteiger partial charge in [-0.15, -0.1) is 0 Å². The molecule has 158 valence electrons. The summed E-state index contributed by atoms with van der Waals surface area (Å²) in [5.74, 6) is -0.0484. The van der Waals surface area contributed by atoms with Crippen LogP contribution in [-0.2, 0) is 9.59 Å². The summed E-state index contributed by atoms with van der Waals surface area (Å²) >= 11 is 0. The van der Waals surface area contributed by atoms with Crippen molar-refractivity contribution in [1.29, 1.82) is 0 Å². The number of carbonyl (C=O) groups excluding carboxylic acids is 2. The maximum Gasteiger partial charge on any atom is 0.250 e. The second kappa shape index (κ2) is 8.86. The van der Waals surface area contributed by atoms with Crippen LogP contribution in [0.4, 0.5) is 5.69 Å². The van der Waals surface area contributed by atoms with Crippen molar-refractivity contribution in [2.24, 2.45) is 0 Å². The number of aromatic nitrogens is 2. The van der Waals surface area contributed by atoms with Gasteiger partial charge in [-0.05, 0) is 89.1 Å². The quantitative estimate of drug-likeness (QED) is 0.823. The Labute approximate surface area is 178 Å². The fourth-order valence-corrected chi connectivity index (χ4v) is 4.47. The Morgan fingerprint density at radius 2 is 1.87 bits per heavy atom. The number of piperidine rings is 1. The number of aryl methyl sites for hydroxylation is 2. The first-order chi connectivity index (χ1) is 14.5. The summed E-state index contributed by atoms with van der Waals surface area (Å²) < 4.78 is 1.89. The van der Waals surface area contributed by atoms with Crippen molar-refractivity contribution in [2.75, 3.05) is 11.9 Å². The minimum atomic E-state index is -0.398. The van der Waals surface area contributed by atoms with E-state index in [1.807, 2.05) is 48.9 Å². The highest BCUT2D eigenvalue weighted by molar-refractivity contribution is 6.01. The van der Waals surface area contributed by atoms with Crippen LogP contribution in [0.25, 0.3) is 5.69 Å². The summed E-state index contributed by atoms with van der Waals surface area (Å²) in [5, 5.41) is 7.51. The monoisotopic (exact) mass is 406 g/mol. The van der Waals surface area contributed by atoms with Crippen molar-refractivity contribution in [3.63, 3.8) is 0 Å². The number of nitrogens with one attached hydrogen (secondary N) is 1. The van der Waals surface area contributed by atoms with Gasteiger partial charge in [0.2, 0.25) is 11.8 Å². The molecule has 6 heteroatoms. The zero-order chi connectivity index (χ0) is 21.1. The maximum absolute atomic E-state index is 13.0. The van der Waals surface area contributed by atoms with E-state index in [0.29, 0.717) is 13.0 Å². The molecule has 1 N–H and O–H groups in total. The van der Waals surface area contributed by atoms with Gasteiger partial charge in [0.1, 0.15) is 6.04 Å². The number of hydrogen-bond acceptors (Lipinski definition) is 3. The number of likely N-dealkylation sites (tertiary alicyclic amines) is 1. The Hall–Kier alpha value is -2.89. The number of allylic oxidation sites excluding steroid dienone is 1. The fourth-order valence-electron chi connectivity index (χ4n) is 4.47. The van der Waals surface area contributed by atoms with Gasteiger partial charge < -0.3 is 10.2 Å². The summed E-state index contributed by atoms with van der Waals surface area (Å²) in [6.07, 6.45) is 8.71. The molecule has 1 aliphatic carbocycles. The Bertz CT molecular complexity index is 958. The van der Waals surface area contributed by atoms with Crippen LogP contribution in [0.15, 0.2) is 42.0 Å². The number of carbonyl (C=O) groups is 2. The van der Waals surface area contributed by atoms with E-state index < -0.39 is 6.04 Å². The fraction of sp³-hybridized carbons (Fsp3) is 0.458. The SMILES string of the molecule is Cc1cc(C)n(-c2ccc(NC(=O)[C@@H]3CCCCN3C(=O)C3=CCCCC3)cc2)n1. The van der Waals surface area contributed by atoms with Gasteiger partial charge >= 0.3 is 0 Å². The second-order valence-corrected chi connectivity index (χ2v) is 8.36. The van der Waals surface area contributed by atoms with Crippen LogP contribution < -0.4 is 5.32 Å². The molecule has 0 unspecified atom stereocenters. The van der Waals surface area contributed by atoms with Gasteiger partial charge in [-0.2, -0.15) is 5.10 Å². The molecule has 1 fully saturated rings. The lowest BCUT2D eigenvalue weighted by Gasteiger charge is -2.35. The van der Waals surface area contributed by atoms with E-state index in [9.17, 15) is 9.59 Å². The Morgan fingerprint density at radius 1 is 1.07 bits per heavy atom. The molecule has 2 aromatic rings. The number of benzene rings is 1. The molecule has 1 aliphatic heterocycles. The molecule has 1 aromatic carbocycles. The average molecular weight is 407 g/mol. The van der Waals surface area contributed by atoms with Gasteiger partial charge in [0, 0.05) is 23.5 Å². The topological polar surface area (TPSA) is 67.2 Å². The molecule has 1 aromatic heterocycles.